The Kier molecular flexibility index (Phi) is 9.86. The summed E-state index contributed by atoms with van der Waals surface area (Å²) in [6, 6.07) is 18.1. The molecule has 0 aliphatic heterocycles. The summed E-state index contributed by atoms with van der Waals surface area (Å²) in [7, 11) is -4.33. The molecule has 3 aromatic rings. The highest BCUT2D eigenvalue weighted by Gasteiger charge is 2.34. The number of amides is 2. The van der Waals surface area contributed by atoms with Crippen LogP contribution in [-0.2, 0) is 26.2 Å². The molecule has 3 rings (SSSR count). The van der Waals surface area contributed by atoms with Crippen molar-refractivity contribution >= 4 is 27.5 Å². The van der Waals surface area contributed by atoms with E-state index in [4.69, 9.17) is 0 Å². The number of nitrogens with one attached hydrogen (secondary N) is 1. The second-order valence-electron chi connectivity index (χ2n) is 9.87. The van der Waals surface area contributed by atoms with Crippen molar-refractivity contribution in [3.05, 3.63) is 95.3 Å². The fourth-order valence-corrected chi connectivity index (χ4v) is 5.62. The van der Waals surface area contributed by atoms with Gasteiger partial charge in [0.1, 0.15) is 18.4 Å². The number of sulfonamides is 1. The van der Waals surface area contributed by atoms with E-state index in [0.717, 1.165) is 27.1 Å². The van der Waals surface area contributed by atoms with Gasteiger partial charge in [-0.2, -0.15) is 0 Å². The Balaban J connectivity index is 2.07. The van der Waals surface area contributed by atoms with Crippen molar-refractivity contribution in [3.63, 3.8) is 0 Å². The van der Waals surface area contributed by atoms with E-state index in [2.05, 4.69) is 5.32 Å². The Morgan fingerprint density at radius 1 is 0.897 bits per heavy atom. The number of halogens is 1. The molecule has 0 saturated carbocycles. The monoisotopic (exact) mass is 553 g/mol. The van der Waals surface area contributed by atoms with Crippen LogP contribution in [0.1, 0.15) is 43.9 Å². The molecule has 0 aliphatic rings. The molecular weight excluding hydrogens is 517 g/mol. The van der Waals surface area contributed by atoms with Crippen LogP contribution in [0.15, 0.2) is 77.7 Å². The molecule has 0 aliphatic carbocycles. The van der Waals surface area contributed by atoms with E-state index >= 15 is 0 Å². The van der Waals surface area contributed by atoms with Gasteiger partial charge in [-0.3, -0.25) is 13.9 Å². The van der Waals surface area contributed by atoms with Gasteiger partial charge in [-0.25, -0.2) is 12.8 Å². The number of hydrogen-bond donors (Lipinski definition) is 1. The summed E-state index contributed by atoms with van der Waals surface area (Å²) >= 11 is 0. The zero-order valence-corrected chi connectivity index (χ0v) is 23.8. The highest BCUT2D eigenvalue weighted by Crippen LogP contribution is 2.27. The normalized spacial score (nSPS) is 12.2. The molecule has 2 amide bonds. The summed E-state index contributed by atoms with van der Waals surface area (Å²) in [5, 5.41) is 2.85. The number of carbonyl (C=O) groups is 2. The van der Waals surface area contributed by atoms with Crippen LogP contribution in [0.5, 0.6) is 0 Å². The Labute approximate surface area is 230 Å². The summed E-state index contributed by atoms with van der Waals surface area (Å²) in [5.74, 6) is -1.75. The summed E-state index contributed by atoms with van der Waals surface area (Å²) < 4.78 is 43.3. The number of carbonyl (C=O) groups excluding carboxylic acids is 2. The van der Waals surface area contributed by atoms with E-state index < -0.39 is 34.3 Å². The standard InChI is InChI=1S/C30H36FN3O4S/c1-6-27(30(36)32-21(2)3)33(19-24-15-11-22(4)12-16-24)29(35)20-34(28-10-8-7-9-26(28)31)39(37,38)25-17-13-23(5)14-18-25/h7-18,21,27H,6,19-20H2,1-5H3,(H,32,36)/t27-/m0/s1. The van der Waals surface area contributed by atoms with Gasteiger partial charge in [0.15, 0.2) is 0 Å². The molecule has 0 radical (unpaired) electrons. The summed E-state index contributed by atoms with van der Waals surface area (Å²) in [5.41, 5.74) is 2.43. The van der Waals surface area contributed by atoms with Gasteiger partial charge in [0.25, 0.3) is 10.0 Å². The first-order chi connectivity index (χ1) is 18.4. The van der Waals surface area contributed by atoms with Crippen LogP contribution < -0.4 is 9.62 Å². The lowest BCUT2D eigenvalue weighted by atomic mass is 10.1. The molecular formula is C30H36FN3O4S. The molecule has 0 saturated heterocycles. The Hall–Kier alpha value is -3.72. The number of rotatable bonds is 11. The van der Waals surface area contributed by atoms with Gasteiger partial charge < -0.3 is 10.2 Å². The number of hydrogen-bond acceptors (Lipinski definition) is 4. The lowest BCUT2D eigenvalue weighted by Crippen LogP contribution is -2.53. The SMILES string of the molecule is CC[C@@H](C(=O)NC(C)C)N(Cc1ccc(C)cc1)C(=O)CN(c1ccccc1F)S(=O)(=O)c1ccc(C)cc1. The highest BCUT2D eigenvalue weighted by molar-refractivity contribution is 7.92. The molecule has 0 spiro atoms. The topological polar surface area (TPSA) is 86.8 Å². The van der Waals surface area contributed by atoms with Crippen molar-refractivity contribution in [3.8, 4) is 0 Å². The highest BCUT2D eigenvalue weighted by atomic mass is 32.2. The summed E-state index contributed by atoms with van der Waals surface area (Å²) in [6.07, 6.45) is 0.306. The first-order valence-electron chi connectivity index (χ1n) is 12.9. The average molecular weight is 554 g/mol. The molecule has 39 heavy (non-hydrogen) atoms. The van der Waals surface area contributed by atoms with E-state index in [0.29, 0.717) is 6.42 Å². The smallest absolute Gasteiger partial charge is 0.264 e. The van der Waals surface area contributed by atoms with Crippen LogP contribution in [0.2, 0.25) is 0 Å². The third kappa shape index (κ3) is 7.44. The summed E-state index contributed by atoms with van der Waals surface area (Å²) in [6.45, 7) is 8.60. The van der Waals surface area contributed by atoms with Gasteiger partial charge in [0, 0.05) is 12.6 Å². The molecule has 0 unspecified atom stereocenters. The van der Waals surface area contributed by atoms with Crippen molar-refractivity contribution in [2.24, 2.45) is 0 Å². The Morgan fingerprint density at radius 3 is 2.00 bits per heavy atom. The number of para-hydroxylation sites is 1. The molecule has 0 heterocycles. The van der Waals surface area contributed by atoms with Gasteiger partial charge in [-0.15, -0.1) is 0 Å². The fourth-order valence-electron chi connectivity index (χ4n) is 4.20. The predicted molar refractivity (Wildman–Crippen MR) is 151 cm³/mol. The van der Waals surface area contributed by atoms with E-state index in [-0.39, 0.29) is 29.1 Å². The Bertz CT molecular complexity index is 1390. The molecule has 0 bridgehead atoms. The second-order valence-corrected chi connectivity index (χ2v) is 11.7. The van der Waals surface area contributed by atoms with Crippen molar-refractivity contribution in [1.29, 1.82) is 0 Å². The van der Waals surface area contributed by atoms with Crippen LogP contribution in [-0.4, -0.2) is 43.8 Å². The zero-order chi connectivity index (χ0) is 28.7. The third-order valence-corrected chi connectivity index (χ3v) is 8.07. The molecule has 7 nitrogen and oxygen atoms in total. The summed E-state index contributed by atoms with van der Waals surface area (Å²) in [4.78, 5) is 28.4. The zero-order valence-electron chi connectivity index (χ0n) is 23.0. The molecule has 0 fully saturated rings. The van der Waals surface area contributed by atoms with E-state index in [1.165, 1.54) is 35.2 Å². The number of benzene rings is 3. The maximum Gasteiger partial charge on any atom is 0.264 e. The molecule has 0 aromatic heterocycles. The molecule has 208 valence electrons. The minimum absolute atomic E-state index is 0.0705. The van der Waals surface area contributed by atoms with Crippen LogP contribution in [0.4, 0.5) is 10.1 Å². The van der Waals surface area contributed by atoms with Crippen molar-refractivity contribution in [2.45, 2.75) is 64.6 Å². The average Bonchev–Trinajstić information content (AvgIpc) is 2.88. The van der Waals surface area contributed by atoms with Crippen LogP contribution in [0, 0.1) is 19.7 Å². The molecule has 9 heteroatoms. The first kappa shape index (κ1) is 29.8. The van der Waals surface area contributed by atoms with Gasteiger partial charge in [0.2, 0.25) is 11.8 Å². The lowest BCUT2D eigenvalue weighted by Gasteiger charge is -2.33. The van der Waals surface area contributed by atoms with Gasteiger partial charge in [-0.1, -0.05) is 66.6 Å². The van der Waals surface area contributed by atoms with Crippen molar-refractivity contribution in [2.75, 3.05) is 10.8 Å². The first-order valence-corrected chi connectivity index (χ1v) is 14.4. The minimum atomic E-state index is -4.33. The van der Waals surface area contributed by atoms with E-state index in [1.54, 1.807) is 19.1 Å². The molecule has 1 N–H and O–H groups in total. The Morgan fingerprint density at radius 2 is 1.46 bits per heavy atom. The van der Waals surface area contributed by atoms with E-state index in [1.807, 2.05) is 52.0 Å². The minimum Gasteiger partial charge on any atom is -0.352 e. The fraction of sp³-hybridized carbons (Fsp3) is 0.333. The number of anilines is 1. The van der Waals surface area contributed by atoms with Gasteiger partial charge >= 0.3 is 0 Å². The number of aryl methyl sites for hydroxylation is 2. The lowest BCUT2D eigenvalue weighted by molar-refractivity contribution is -0.140. The van der Waals surface area contributed by atoms with Crippen molar-refractivity contribution in [1.82, 2.24) is 10.2 Å². The maximum absolute atomic E-state index is 15.0. The molecule has 1 atom stereocenters. The maximum atomic E-state index is 15.0. The van der Waals surface area contributed by atoms with Crippen LogP contribution >= 0.6 is 0 Å². The number of nitrogens with zero attached hydrogens (tertiary/aromatic N) is 2. The van der Waals surface area contributed by atoms with Crippen LogP contribution in [0.3, 0.4) is 0 Å². The molecule has 3 aromatic carbocycles. The van der Waals surface area contributed by atoms with Crippen LogP contribution in [0.25, 0.3) is 0 Å². The van der Waals surface area contributed by atoms with Crippen molar-refractivity contribution < 1.29 is 22.4 Å². The van der Waals surface area contributed by atoms with Gasteiger partial charge in [-0.05, 0) is 63.9 Å². The van der Waals surface area contributed by atoms with E-state index in [9.17, 15) is 22.4 Å². The predicted octanol–water partition coefficient (Wildman–Crippen LogP) is 4.97. The second kappa shape index (κ2) is 12.9. The largest absolute Gasteiger partial charge is 0.352 e. The third-order valence-electron chi connectivity index (χ3n) is 6.30. The quantitative estimate of drug-likeness (QED) is 0.363. The van der Waals surface area contributed by atoms with Gasteiger partial charge in [0.05, 0.1) is 10.6 Å².